The third-order valence-electron chi connectivity index (χ3n) is 2.46. The van der Waals surface area contributed by atoms with E-state index < -0.39 is 0 Å². The second-order valence-electron chi connectivity index (χ2n) is 3.47. The van der Waals surface area contributed by atoms with E-state index in [0.717, 1.165) is 26.3 Å². The number of hydrogen-bond acceptors (Lipinski definition) is 4. The Hall–Kier alpha value is -0.360. The Bertz CT molecular complexity index is 330. The lowest BCUT2D eigenvalue weighted by molar-refractivity contribution is 0.0768. The van der Waals surface area contributed by atoms with Crippen molar-refractivity contribution < 1.29 is 4.74 Å². The summed E-state index contributed by atoms with van der Waals surface area (Å²) in [5.74, 6) is 0. The van der Waals surface area contributed by atoms with Gasteiger partial charge in [0.15, 0.2) is 10.8 Å². The Labute approximate surface area is 96.2 Å². The quantitative estimate of drug-likeness (QED) is 0.599. The van der Waals surface area contributed by atoms with Crippen LogP contribution in [0, 0.1) is 0 Å². The normalized spacial score (nSPS) is 26.0. The van der Waals surface area contributed by atoms with E-state index in [0.29, 0.717) is 0 Å². The van der Waals surface area contributed by atoms with Gasteiger partial charge in [-0.2, -0.15) is 4.72 Å². The topological polar surface area (TPSA) is 24.5 Å². The first kappa shape index (κ1) is 9.84. The Morgan fingerprint density at radius 1 is 1.27 bits per heavy atom. The van der Waals surface area contributed by atoms with Crippen LogP contribution in [0.1, 0.15) is 0 Å². The number of fused-ring (bicyclic) bond motifs is 1. The van der Waals surface area contributed by atoms with E-state index in [4.69, 9.17) is 4.74 Å². The molecule has 1 aromatic carbocycles. The lowest BCUT2D eigenvalue weighted by Crippen LogP contribution is -2.40. The molecule has 5 heteroatoms. The van der Waals surface area contributed by atoms with Crippen molar-refractivity contribution in [2.24, 2.45) is 0 Å². The predicted octanol–water partition coefficient (Wildman–Crippen LogP) is 1.90. The molecule has 1 saturated heterocycles. The minimum absolute atomic E-state index is 0.110. The van der Waals surface area contributed by atoms with Gasteiger partial charge in [0.25, 0.3) is 10.3 Å². The maximum Gasteiger partial charge on any atom is 0.273 e. The van der Waals surface area contributed by atoms with Crippen LogP contribution < -0.4 is 4.72 Å². The smallest absolute Gasteiger partial charge is 0.273 e. The lowest BCUT2D eigenvalue weighted by Gasteiger charge is -2.21. The van der Waals surface area contributed by atoms with Crippen LogP contribution >= 0.6 is 10.8 Å². The molecular formula is C10H13N2OS2+. The third kappa shape index (κ3) is 1.97. The summed E-state index contributed by atoms with van der Waals surface area (Å²) in [4.78, 5) is 1.37. The van der Waals surface area contributed by atoms with E-state index in [1.807, 2.05) is 10.8 Å². The summed E-state index contributed by atoms with van der Waals surface area (Å²) in [6, 6.07) is 8.51. The average Bonchev–Trinajstić information content (AvgIpc) is 2.74. The summed E-state index contributed by atoms with van der Waals surface area (Å²) in [6.07, 6.45) is 0. The van der Waals surface area contributed by atoms with Gasteiger partial charge in [-0.25, -0.2) is 0 Å². The molecule has 0 aliphatic carbocycles. The zero-order valence-electron chi connectivity index (χ0n) is 8.31. The molecule has 0 spiro atoms. The standard InChI is InChI=1S/C10H12N2OS2/c1-2-4-10-9(3-1)11-15(14-10)12-5-7-13-8-6-12/h1-4H,5-8H2/p+1. The van der Waals surface area contributed by atoms with Gasteiger partial charge in [0.1, 0.15) is 5.69 Å². The molecule has 1 atom stereocenters. The number of nitrogens with one attached hydrogen (secondary N) is 1. The summed E-state index contributed by atoms with van der Waals surface area (Å²) in [5.41, 5.74) is 1.28. The van der Waals surface area contributed by atoms with Crippen molar-refractivity contribution in [3.05, 3.63) is 24.3 Å². The molecular weight excluding hydrogens is 228 g/mol. The highest BCUT2D eigenvalue weighted by Gasteiger charge is 2.40. The van der Waals surface area contributed by atoms with Crippen molar-refractivity contribution in [2.75, 3.05) is 31.0 Å². The molecule has 0 aromatic heterocycles. The van der Waals surface area contributed by atoms with Gasteiger partial charge in [0.2, 0.25) is 0 Å². The maximum absolute atomic E-state index is 5.36. The summed E-state index contributed by atoms with van der Waals surface area (Å²) in [6.45, 7) is 3.80. The minimum atomic E-state index is 0.110. The highest BCUT2D eigenvalue weighted by Crippen LogP contribution is 2.42. The number of ether oxygens (including phenoxy) is 1. The molecule has 0 amide bonds. The first-order valence-corrected chi connectivity index (χ1v) is 7.56. The zero-order valence-corrected chi connectivity index (χ0v) is 9.94. The highest BCUT2D eigenvalue weighted by atomic mass is 33.1. The number of nitrogens with zero attached hydrogens (tertiary/aromatic N) is 1. The van der Waals surface area contributed by atoms with Crippen molar-refractivity contribution in [3.8, 4) is 0 Å². The second kappa shape index (κ2) is 4.25. The molecule has 2 aliphatic rings. The summed E-state index contributed by atoms with van der Waals surface area (Å²) in [7, 11) is 2.04. The first-order chi connectivity index (χ1) is 7.43. The summed E-state index contributed by atoms with van der Waals surface area (Å²) >= 11 is 0. The zero-order chi connectivity index (χ0) is 10.1. The molecule has 3 nitrogen and oxygen atoms in total. The van der Waals surface area contributed by atoms with Crippen molar-refractivity contribution in [2.45, 2.75) is 4.90 Å². The molecule has 1 aromatic rings. The number of rotatable bonds is 1. The third-order valence-corrected chi connectivity index (χ3v) is 6.27. The predicted molar refractivity (Wildman–Crippen MR) is 65.7 cm³/mol. The van der Waals surface area contributed by atoms with Gasteiger partial charge in [0.05, 0.1) is 31.2 Å². The van der Waals surface area contributed by atoms with Crippen LogP contribution in [0.15, 0.2) is 29.2 Å². The van der Waals surface area contributed by atoms with Crippen LogP contribution in [-0.2, 0) is 15.0 Å². The van der Waals surface area contributed by atoms with E-state index in [-0.39, 0.29) is 10.3 Å². The number of benzene rings is 1. The van der Waals surface area contributed by atoms with E-state index in [1.54, 1.807) is 0 Å². The number of para-hydroxylation sites is 1. The van der Waals surface area contributed by atoms with E-state index in [1.165, 1.54) is 10.6 Å². The van der Waals surface area contributed by atoms with Gasteiger partial charge < -0.3 is 4.74 Å². The summed E-state index contributed by atoms with van der Waals surface area (Å²) in [5, 5.41) is 0. The molecule has 2 aliphatic heterocycles. The van der Waals surface area contributed by atoms with Gasteiger partial charge in [-0.05, 0) is 12.1 Å². The van der Waals surface area contributed by atoms with E-state index in [9.17, 15) is 0 Å². The molecule has 1 unspecified atom stereocenters. The molecule has 1 fully saturated rings. The molecule has 0 bridgehead atoms. The lowest BCUT2D eigenvalue weighted by atomic mass is 10.3. The van der Waals surface area contributed by atoms with Crippen LogP contribution in [0.3, 0.4) is 0 Å². The van der Waals surface area contributed by atoms with Gasteiger partial charge in [-0.15, -0.1) is 0 Å². The monoisotopic (exact) mass is 241 g/mol. The van der Waals surface area contributed by atoms with Gasteiger partial charge >= 0.3 is 0 Å². The number of anilines is 1. The Morgan fingerprint density at radius 3 is 2.87 bits per heavy atom. The molecule has 0 saturated carbocycles. The van der Waals surface area contributed by atoms with E-state index >= 15 is 0 Å². The van der Waals surface area contributed by atoms with E-state index in [2.05, 4.69) is 33.3 Å². The molecule has 3 rings (SSSR count). The largest absolute Gasteiger partial charge is 0.378 e. The fraction of sp³-hybridized carbons (Fsp3) is 0.400. The summed E-state index contributed by atoms with van der Waals surface area (Å²) < 4.78 is 11.4. The van der Waals surface area contributed by atoms with Crippen molar-refractivity contribution >= 4 is 26.8 Å². The molecule has 2 heterocycles. The molecule has 1 N–H and O–H groups in total. The van der Waals surface area contributed by atoms with Crippen LogP contribution in [0.4, 0.5) is 5.69 Å². The van der Waals surface area contributed by atoms with Gasteiger partial charge in [-0.3, -0.25) is 0 Å². The Balaban J connectivity index is 1.72. The van der Waals surface area contributed by atoms with Gasteiger partial charge in [-0.1, -0.05) is 16.4 Å². The SMILES string of the molecule is c1ccc2c(c1)N[S+](N1CCOCC1)S2. The number of hydrogen-bond donors (Lipinski definition) is 1. The minimum Gasteiger partial charge on any atom is -0.378 e. The average molecular weight is 241 g/mol. The fourth-order valence-corrected chi connectivity index (χ4v) is 5.46. The van der Waals surface area contributed by atoms with Crippen molar-refractivity contribution in [1.82, 2.24) is 4.31 Å². The first-order valence-electron chi connectivity index (χ1n) is 5.04. The van der Waals surface area contributed by atoms with Gasteiger partial charge in [0, 0.05) is 0 Å². The molecule has 15 heavy (non-hydrogen) atoms. The van der Waals surface area contributed by atoms with Crippen LogP contribution in [0.2, 0.25) is 0 Å². The molecule has 80 valence electrons. The molecule has 0 radical (unpaired) electrons. The Morgan fingerprint density at radius 2 is 2.07 bits per heavy atom. The number of morpholine rings is 1. The van der Waals surface area contributed by atoms with Crippen molar-refractivity contribution in [1.29, 1.82) is 0 Å². The fourth-order valence-electron chi connectivity index (χ4n) is 1.65. The van der Waals surface area contributed by atoms with Crippen LogP contribution in [0.5, 0.6) is 0 Å². The second-order valence-corrected chi connectivity index (χ2v) is 6.74. The van der Waals surface area contributed by atoms with Crippen molar-refractivity contribution in [3.63, 3.8) is 0 Å². The van der Waals surface area contributed by atoms with Crippen LogP contribution in [-0.4, -0.2) is 30.6 Å². The van der Waals surface area contributed by atoms with Crippen LogP contribution in [0.25, 0.3) is 0 Å². The highest BCUT2D eigenvalue weighted by molar-refractivity contribution is 8.74. The Kier molecular flexibility index (Phi) is 2.79. The maximum atomic E-state index is 5.36.